The molecule has 3 nitrogen and oxygen atoms in total. The third-order valence-electron chi connectivity index (χ3n) is 2.63. The molecular weight excluding hydrogens is 376 g/mol. The van der Waals surface area contributed by atoms with Gasteiger partial charge in [0, 0.05) is 10.0 Å². The van der Waals surface area contributed by atoms with Gasteiger partial charge in [0.15, 0.2) is 5.75 Å². The van der Waals surface area contributed by atoms with Gasteiger partial charge in [0.25, 0.3) is 0 Å². The first-order chi connectivity index (χ1) is 9.02. The van der Waals surface area contributed by atoms with E-state index in [1.54, 1.807) is 43.5 Å². The van der Waals surface area contributed by atoms with Crippen molar-refractivity contribution in [2.45, 2.75) is 0 Å². The van der Waals surface area contributed by atoms with Gasteiger partial charge in [-0.05, 0) is 45.8 Å². The molecule has 5 heteroatoms. The quantitative estimate of drug-likeness (QED) is 0.851. The zero-order valence-electron chi connectivity index (χ0n) is 9.98. The molecule has 0 aliphatic carbocycles. The minimum absolute atomic E-state index is 0.309. The average Bonchev–Trinajstić information content (AvgIpc) is 2.51. The molecule has 2 aromatic carbocycles. The Bertz CT molecular complexity index is 667. The van der Waals surface area contributed by atoms with Gasteiger partial charge < -0.3 is 9.84 Å². The van der Waals surface area contributed by atoms with Crippen molar-refractivity contribution in [3.8, 4) is 22.6 Å². The van der Waals surface area contributed by atoms with Crippen LogP contribution in [0.4, 0.5) is 0 Å². The van der Waals surface area contributed by atoms with Crippen LogP contribution in [0.1, 0.15) is 0 Å². The first-order valence-electron chi connectivity index (χ1n) is 5.39. The van der Waals surface area contributed by atoms with Crippen LogP contribution < -0.4 is 10.2 Å². The Morgan fingerprint density at radius 3 is 2.32 bits per heavy atom. The van der Waals surface area contributed by atoms with E-state index in [4.69, 9.17) is 4.74 Å². The molecule has 0 bridgehead atoms. The Balaban J connectivity index is 2.68. The van der Waals surface area contributed by atoms with E-state index in [2.05, 4.69) is 31.9 Å². The zero-order valence-corrected chi connectivity index (χ0v) is 13.2. The maximum atomic E-state index is 12.2. The SMILES string of the molecule is COc1ccc(-c2cc(Br)cc(Br)c(O)c2=O)cc1. The van der Waals surface area contributed by atoms with E-state index >= 15 is 0 Å². The number of hydrogen-bond acceptors (Lipinski definition) is 3. The summed E-state index contributed by atoms with van der Waals surface area (Å²) in [6.45, 7) is 0. The highest BCUT2D eigenvalue weighted by atomic mass is 79.9. The van der Waals surface area contributed by atoms with E-state index in [9.17, 15) is 9.90 Å². The first kappa shape index (κ1) is 14.1. The van der Waals surface area contributed by atoms with Gasteiger partial charge in [-0.2, -0.15) is 0 Å². The Hall–Kier alpha value is -1.33. The van der Waals surface area contributed by atoms with Gasteiger partial charge in [-0.15, -0.1) is 0 Å². The van der Waals surface area contributed by atoms with Crippen LogP contribution in [0.15, 0.2) is 50.1 Å². The lowest BCUT2D eigenvalue weighted by Crippen LogP contribution is -2.01. The summed E-state index contributed by atoms with van der Waals surface area (Å²) < 4.78 is 6.12. The Kier molecular flexibility index (Phi) is 4.27. The predicted molar refractivity (Wildman–Crippen MR) is 81.8 cm³/mol. The van der Waals surface area contributed by atoms with E-state index < -0.39 is 5.43 Å². The number of ether oxygens (including phenoxy) is 1. The second kappa shape index (κ2) is 5.75. The number of rotatable bonds is 2. The highest BCUT2D eigenvalue weighted by molar-refractivity contribution is 9.11. The number of aromatic hydroxyl groups is 1. The standard InChI is InChI=1S/C14H10Br2O3/c1-19-10-4-2-8(3-5-10)11-6-9(15)7-12(16)14(18)13(11)17/h2-7H,1H3,(H,17,18). The number of methoxy groups -OCH3 is 1. The average molecular weight is 386 g/mol. The molecule has 19 heavy (non-hydrogen) atoms. The maximum absolute atomic E-state index is 12.2. The Morgan fingerprint density at radius 1 is 1.11 bits per heavy atom. The highest BCUT2D eigenvalue weighted by Gasteiger charge is 2.10. The van der Waals surface area contributed by atoms with Crippen molar-refractivity contribution in [3.05, 3.63) is 55.6 Å². The van der Waals surface area contributed by atoms with Crippen molar-refractivity contribution >= 4 is 31.9 Å². The molecule has 0 amide bonds. The van der Waals surface area contributed by atoms with Crippen molar-refractivity contribution in [1.29, 1.82) is 0 Å². The number of halogens is 2. The lowest BCUT2D eigenvalue weighted by atomic mass is 10.1. The Labute approximate surface area is 127 Å². The van der Waals surface area contributed by atoms with Crippen molar-refractivity contribution in [2.75, 3.05) is 7.11 Å². The number of hydrogen-bond donors (Lipinski definition) is 1. The van der Waals surface area contributed by atoms with Crippen molar-refractivity contribution < 1.29 is 9.84 Å². The van der Waals surface area contributed by atoms with Crippen LogP contribution >= 0.6 is 31.9 Å². The second-order valence-electron chi connectivity index (χ2n) is 3.84. The maximum Gasteiger partial charge on any atom is 0.229 e. The molecule has 2 rings (SSSR count). The largest absolute Gasteiger partial charge is 0.503 e. The molecule has 0 saturated carbocycles. The fourth-order valence-electron chi connectivity index (χ4n) is 1.66. The molecule has 0 atom stereocenters. The van der Waals surface area contributed by atoms with Crippen molar-refractivity contribution in [1.82, 2.24) is 0 Å². The van der Waals surface area contributed by atoms with Gasteiger partial charge in [-0.3, -0.25) is 4.79 Å². The first-order valence-corrected chi connectivity index (χ1v) is 6.98. The molecule has 98 valence electrons. The lowest BCUT2D eigenvalue weighted by molar-refractivity contribution is 0.415. The van der Waals surface area contributed by atoms with Crippen molar-refractivity contribution in [2.24, 2.45) is 0 Å². The van der Waals surface area contributed by atoms with E-state index in [1.165, 1.54) is 0 Å². The molecule has 0 aromatic heterocycles. The van der Waals surface area contributed by atoms with Crippen LogP contribution in [0.2, 0.25) is 0 Å². The topological polar surface area (TPSA) is 46.5 Å². The molecule has 0 unspecified atom stereocenters. The summed E-state index contributed by atoms with van der Waals surface area (Å²) in [6.07, 6.45) is 0. The molecule has 0 saturated heterocycles. The van der Waals surface area contributed by atoms with E-state index in [0.29, 0.717) is 25.8 Å². The monoisotopic (exact) mass is 384 g/mol. The van der Waals surface area contributed by atoms with Crippen LogP contribution in [0.25, 0.3) is 11.1 Å². The van der Waals surface area contributed by atoms with Crippen LogP contribution in [0.5, 0.6) is 11.5 Å². The zero-order chi connectivity index (χ0) is 14.0. The summed E-state index contributed by atoms with van der Waals surface area (Å²) in [4.78, 5) is 12.2. The predicted octanol–water partition coefficient (Wildman–Crippen LogP) is 3.95. The summed E-state index contributed by atoms with van der Waals surface area (Å²) in [6, 6.07) is 10.4. The van der Waals surface area contributed by atoms with Crippen LogP contribution in [0, 0.1) is 0 Å². The van der Waals surface area contributed by atoms with Crippen LogP contribution in [0.3, 0.4) is 0 Å². The van der Waals surface area contributed by atoms with Gasteiger partial charge in [0.05, 0.1) is 11.6 Å². The third-order valence-corrected chi connectivity index (χ3v) is 3.70. The Morgan fingerprint density at radius 2 is 1.74 bits per heavy atom. The number of benzene rings is 1. The van der Waals surface area contributed by atoms with Gasteiger partial charge >= 0.3 is 0 Å². The molecule has 0 fully saturated rings. The minimum atomic E-state index is -0.428. The fourth-order valence-corrected chi connectivity index (χ4v) is 2.85. The summed E-state index contributed by atoms with van der Waals surface area (Å²) in [5, 5.41) is 9.83. The van der Waals surface area contributed by atoms with Gasteiger partial charge in [0.1, 0.15) is 5.75 Å². The minimum Gasteiger partial charge on any atom is -0.503 e. The van der Waals surface area contributed by atoms with E-state index in [0.717, 1.165) is 0 Å². The summed E-state index contributed by atoms with van der Waals surface area (Å²) >= 11 is 6.49. The smallest absolute Gasteiger partial charge is 0.229 e. The van der Waals surface area contributed by atoms with E-state index in [-0.39, 0.29) is 5.75 Å². The molecule has 0 spiro atoms. The molecule has 0 heterocycles. The molecule has 0 aliphatic rings. The normalized spacial score (nSPS) is 10.3. The summed E-state index contributed by atoms with van der Waals surface area (Å²) in [7, 11) is 1.58. The van der Waals surface area contributed by atoms with Crippen LogP contribution in [-0.2, 0) is 0 Å². The summed E-state index contributed by atoms with van der Waals surface area (Å²) in [5.41, 5.74) is 0.699. The van der Waals surface area contributed by atoms with Gasteiger partial charge in [0.2, 0.25) is 5.43 Å². The molecule has 0 aliphatic heterocycles. The molecule has 1 N–H and O–H groups in total. The molecule has 0 radical (unpaired) electrons. The molecular formula is C14H10Br2O3. The highest BCUT2D eigenvalue weighted by Crippen LogP contribution is 2.28. The fraction of sp³-hybridized carbons (Fsp3) is 0.0714. The molecule has 2 aromatic rings. The van der Waals surface area contributed by atoms with Crippen molar-refractivity contribution in [3.63, 3.8) is 0 Å². The van der Waals surface area contributed by atoms with Gasteiger partial charge in [-0.25, -0.2) is 0 Å². The second-order valence-corrected chi connectivity index (χ2v) is 5.61. The van der Waals surface area contributed by atoms with E-state index in [1.807, 2.05) is 0 Å². The summed E-state index contributed by atoms with van der Waals surface area (Å²) in [5.74, 6) is 0.400. The van der Waals surface area contributed by atoms with Gasteiger partial charge in [-0.1, -0.05) is 28.1 Å². The lowest BCUT2D eigenvalue weighted by Gasteiger charge is -2.02. The van der Waals surface area contributed by atoms with Crippen LogP contribution in [-0.4, -0.2) is 12.2 Å². The third kappa shape index (κ3) is 2.98.